The van der Waals surface area contributed by atoms with E-state index >= 15 is 0 Å². The van der Waals surface area contributed by atoms with E-state index in [-0.39, 0.29) is 21.4 Å². The molecule has 2 aromatic rings. The van der Waals surface area contributed by atoms with Crippen molar-refractivity contribution in [1.82, 2.24) is 0 Å². The molecule has 106 valence electrons. The quantitative estimate of drug-likeness (QED) is 0.910. The van der Waals surface area contributed by atoms with E-state index in [1.54, 1.807) is 12.1 Å². The molecule has 0 amide bonds. The average molecular weight is 314 g/mol. The van der Waals surface area contributed by atoms with Crippen molar-refractivity contribution in [2.75, 3.05) is 11.8 Å². The highest BCUT2D eigenvalue weighted by atomic mass is 35.5. The molecular weight excluding hydrogens is 302 g/mol. The second kappa shape index (κ2) is 5.60. The number of aromatic hydroxyl groups is 1. The normalized spacial score (nSPS) is 11.1. The largest absolute Gasteiger partial charge is 0.506 e. The standard InChI is InChI=1S/C13H12ClNO4S/c1-19-10-3-5-11(6-4-10)20(17,18)15-9-2-7-12(14)13(16)8-9/h2-8,15-16H,1H3. The van der Waals surface area contributed by atoms with Gasteiger partial charge in [-0.2, -0.15) is 0 Å². The monoisotopic (exact) mass is 313 g/mol. The summed E-state index contributed by atoms with van der Waals surface area (Å²) in [5, 5.41) is 9.60. The van der Waals surface area contributed by atoms with Gasteiger partial charge < -0.3 is 9.84 Å². The van der Waals surface area contributed by atoms with Crippen LogP contribution in [0.25, 0.3) is 0 Å². The first kappa shape index (κ1) is 14.5. The van der Waals surface area contributed by atoms with Crippen LogP contribution in [-0.2, 0) is 10.0 Å². The zero-order chi connectivity index (χ0) is 14.8. The number of benzene rings is 2. The third kappa shape index (κ3) is 3.15. The molecule has 0 bridgehead atoms. The summed E-state index contributed by atoms with van der Waals surface area (Å²) in [6.45, 7) is 0. The summed E-state index contributed by atoms with van der Waals surface area (Å²) in [4.78, 5) is 0.0905. The van der Waals surface area contributed by atoms with Crippen molar-refractivity contribution in [2.45, 2.75) is 4.90 Å². The summed E-state index contributed by atoms with van der Waals surface area (Å²) in [6.07, 6.45) is 0. The lowest BCUT2D eigenvalue weighted by molar-refractivity contribution is 0.414. The number of hydrogen-bond donors (Lipinski definition) is 2. The van der Waals surface area contributed by atoms with Crippen molar-refractivity contribution in [3.63, 3.8) is 0 Å². The molecule has 0 radical (unpaired) electrons. The van der Waals surface area contributed by atoms with Crippen molar-refractivity contribution in [1.29, 1.82) is 0 Å². The zero-order valence-corrected chi connectivity index (χ0v) is 12.1. The first-order chi connectivity index (χ1) is 9.42. The maximum atomic E-state index is 12.1. The van der Waals surface area contributed by atoms with Crippen LogP contribution in [0.15, 0.2) is 47.4 Å². The van der Waals surface area contributed by atoms with Crippen LogP contribution in [-0.4, -0.2) is 20.6 Å². The van der Waals surface area contributed by atoms with Crippen LogP contribution < -0.4 is 9.46 Å². The van der Waals surface area contributed by atoms with Crippen molar-refractivity contribution in [3.8, 4) is 11.5 Å². The zero-order valence-electron chi connectivity index (χ0n) is 10.5. The van der Waals surface area contributed by atoms with Crippen LogP contribution in [0.4, 0.5) is 5.69 Å². The van der Waals surface area contributed by atoms with E-state index in [2.05, 4.69) is 4.72 Å². The van der Waals surface area contributed by atoms with Gasteiger partial charge in [0.25, 0.3) is 10.0 Å². The van der Waals surface area contributed by atoms with E-state index in [1.807, 2.05) is 0 Å². The van der Waals surface area contributed by atoms with Gasteiger partial charge in [0, 0.05) is 6.07 Å². The lowest BCUT2D eigenvalue weighted by Gasteiger charge is -2.09. The van der Waals surface area contributed by atoms with E-state index in [0.717, 1.165) is 0 Å². The summed E-state index contributed by atoms with van der Waals surface area (Å²) in [5.74, 6) is 0.370. The van der Waals surface area contributed by atoms with Gasteiger partial charge in [-0.25, -0.2) is 8.42 Å². The fourth-order valence-electron chi connectivity index (χ4n) is 1.55. The third-order valence-corrected chi connectivity index (χ3v) is 4.28. The molecule has 0 aliphatic heterocycles. The molecule has 0 aliphatic rings. The van der Waals surface area contributed by atoms with Crippen LogP contribution in [0.3, 0.4) is 0 Å². The van der Waals surface area contributed by atoms with Crippen LogP contribution in [0, 0.1) is 0 Å². The average Bonchev–Trinajstić information content (AvgIpc) is 2.43. The Labute approximate surface area is 121 Å². The Morgan fingerprint density at radius 3 is 2.35 bits per heavy atom. The number of phenols is 1. The van der Waals surface area contributed by atoms with Gasteiger partial charge in [0.15, 0.2) is 0 Å². The van der Waals surface area contributed by atoms with E-state index in [4.69, 9.17) is 16.3 Å². The van der Waals surface area contributed by atoms with Crippen molar-refractivity contribution < 1.29 is 18.3 Å². The molecule has 0 aliphatic carbocycles. The topological polar surface area (TPSA) is 75.6 Å². The molecule has 20 heavy (non-hydrogen) atoms. The minimum Gasteiger partial charge on any atom is -0.506 e. The molecule has 5 nitrogen and oxygen atoms in total. The van der Waals surface area contributed by atoms with Gasteiger partial charge in [-0.15, -0.1) is 0 Å². The highest BCUT2D eigenvalue weighted by Crippen LogP contribution is 2.27. The van der Waals surface area contributed by atoms with Crippen LogP contribution in [0.1, 0.15) is 0 Å². The fraction of sp³-hybridized carbons (Fsp3) is 0.0769. The predicted molar refractivity (Wildman–Crippen MR) is 76.9 cm³/mol. The minimum atomic E-state index is -3.73. The Morgan fingerprint density at radius 2 is 1.80 bits per heavy atom. The lowest BCUT2D eigenvalue weighted by atomic mass is 10.3. The van der Waals surface area contributed by atoms with Gasteiger partial charge >= 0.3 is 0 Å². The van der Waals surface area contributed by atoms with Gasteiger partial charge in [-0.05, 0) is 36.4 Å². The maximum absolute atomic E-state index is 12.1. The highest BCUT2D eigenvalue weighted by molar-refractivity contribution is 7.92. The summed E-state index contributed by atoms with van der Waals surface area (Å²) < 4.78 is 31.6. The number of methoxy groups -OCH3 is 1. The first-order valence-electron chi connectivity index (χ1n) is 5.58. The minimum absolute atomic E-state index is 0.0905. The summed E-state index contributed by atoms with van der Waals surface area (Å²) in [7, 11) is -2.23. The molecule has 2 aromatic carbocycles. The molecule has 0 saturated heterocycles. The smallest absolute Gasteiger partial charge is 0.261 e. The van der Waals surface area contributed by atoms with Crippen LogP contribution >= 0.6 is 11.6 Å². The van der Waals surface area contributed by atoms with Crippen LogP contribution in [0.5, 0.6) is 11.5 Å². The summed E-state index contributed by atoms with van der Waals surface area (Å²) >= 11 is 5.66. The lowest BCUT2D eigenvalue weighted by Crippen LogP contribution is -2.12. The van der Waals surface area contributed by atoms with Crippen LogP contribution in [0.2, 0.25) is 5.02 Å². The number of ether oxygens (including phenoxy) is 1. The van der Waals surface area contributed by atoms with Crippen molar-refractivity contribution in [2.24, 2.45) is 0 Å². The Balaban J connectivity index is 2.27. The molecular formula is C13H12ClNO4S. The van der Waals surface area contributed by atoms with Gasteiger partial charge in [0.2, 0.25) is 0 Å². The van der Waals surface area contributed by atoms with Gasteiger partial charge in [0.05, 0.1) is 22.7 Å². The van der Waals surface area contributed by atoms with E-state index < -0.39 is 10.0 Å². The summed E-state index contributed by atoms with van der Waals surface area (Å²) in [6, 6.07) is 10.1. The molecule has 0 fully saturated rings. The maximum Gasteiger partial charge on any atom is 0.261 e. The number of halogens is 1. The molecule has 2 N–H and O–H groups in total. The fourth-order valence-corrected chi connectivity index (χ4v) is 2.71. The number of hydrogen-bond acceptors (Lipinski definition) is 4. The number of anilines is 1. The molecule has 2 rings (SSSR count). The number of phenolic OH excluding ortho intramolecular Hbond substituents is 1. The van der Waals surface area contributed by atoms with E-state index in [1.165, 1.54) is 37.4 Å². The van der Waals surface area contributed by atoms with Gasteiger partial charge in [-0.3, -0.25) is 4.72 Å². The van der Waals surface area contributed by atoms with E-state index in [9.17, 15) is 13.5 Å². The van der Waals surface area contributed by atoms with Crippen molar-refractivity contribution >= 4 is 27.3 Å². The second-order valence-electron chi connectivity index (χ2n) is 3.95. The summed E-state index contributed by atoms with van der Waals surface area (Å²) in [5.41, 5.74) is 0.225. The molecule has 0 heterocycles. The molecule has 7 heteroatoms. The Bertz CT molecular complexity index is 714. The third-order valence-electron chi connectivity index (χ3n) is 2.57. The SMILES string of the molecule is COc1ccc(S(=O)(=O)Nc2ccc(Cl)c(O)c2)cc1. The second-order valence-corrected chi connectivity index (χ2v) is 6.04. The molecule has 0 spiro atoms. The first-order valence-corrected chi connectivity index (χ1v) is 7.44. The Morgan fingerprint density at radius 1 is 1.15 bits per heavy atom. The van der Waals surface area contributed by atoms with E-state index in [0.29, 0.717) is 5.75 Å². The van der Waals surface area contributed by atoms with Gasteiger partial charge in [-0.1, -0.05) is 11.6 Å². The molecule has 0 aromatic heterocycles. The highest BCUT2D eigenvalue weighted by Gasteiger charge is 2.14. The number of nitrogens with one attached hydrogen (secondary N) is 1. The number of rotatable bonds is 4. The molecule has 0 saturated carbocycles. The van der Waals surface area contributed by atoms with Gasteiger partial charge in [0.1, 0.15) is 11.5 Å². The predicted octanol–water partition coefficient (Wildman–Crippen LogP) is 2.86. The Hall–Kier alpha value is -1.92. The van der Waals surface area contributed by atoms with Crippen molar-refractivity contribution in [3.05, 3.63) is 47.5 Å². The number of sulfonamides is 1. The molecule has 0 atom stereocenters. The Kier molecular flexibility index (Phi) is 4.06. The molecule has 0 unspecified atom stereocenters.